The maximum absolute atomic E-state index is 12.9. The molecule has 1 atom stereocenters. The number of hydrazine groups is 1. The Morgan fingerprint density at radius 3 is 2.62 bits per heavy atom. The van der Waals surface area contributed by atoms with Crippen LogP contribution in [0.4, 0.5) is 4.79 Å². The van der Waals surface area contributed by atoms with E-state index in [1.165, 1.54) is 35.8 Å². The Kier molecular flexibility index (Phi) is 10.9. The standard InChI is InChI=1S/C27H39BrN2O4S2Si/c1-27(2,3)37(5,6)34-22(19-20-8-7-9-21(28)18-20)12-14-29-16-17-35-26(32)30(29)15-13-23-10-11-24(36-23)25(31)33-4/h7-11,18,22H,12-17,19H2,1-6H3/t22-/m1/s1. The number of hydrogen-bond acceptors (Lipinski definition) is 7. The third-order valence-corrected chi connectivity index (χ3v) is 14.1. The number of thioether (sulfide) groups is 1. The third kappa shape index (κ3) is 8.66. The molecule has 1 aliphatic rings. The van der Waals surface area contributed by atoms with Crippen LogP contribution in [0, 0.1) is 0 Å². The maximum atomic E-state index is 12.9. The van der Waals surface area contributed by atoms with E-state index in [1.807, 2.05) is 17.1 Å². The predicted molar refractivity (Wildman–Crippen MR) is 160 cm³/mol. The van der Waals surface area contributed by atoms with Crippen LogP contribution in [0.3, 0.4) is 0 Å². The van der Waals surface area contributed by atoms with Gasteiger partial charge in [-0.2, -0.15) is 0 Å². The van der Waals surface area contributed by atoms with Crippen molar-refractivity contribution in [3.8, 4) is 0 Å². The van der Waals surface area contributed by atoms with E-state index >= 15 is 0 Å². The number of carbonyl (C=O) groups is 2. The fourth-order valence-corrected chi connectivity index (χ4v) is 7.55. The Morgan fingerprint density at radius 2 is 1.95 bits per heavy atom. The molecular formula is C27H39BrN2O4S2Si. The van der Waals surface area contributed by atoms with Crippen LogP contribution in [-0.4, -0.2) is 68.1 Å². The van der Waals surface area contributed by atoms with E-state index in [-0.39, 0.29) is 22.4 Å². The SMILES string of the molecule is COC(=O)c1ccc(CCN2C(=O)SCCN2CC[C@H](Cc2cccc(Br)c2)O[Si](C)(C)C(C)(C)C)s1. The number of halogens is 1. The van der Waals surface area contributed by atoms with E-state index in [0.717, 1.165) is 41.0 Å². The van der Waals surface area contributed by atoms with Gasteiger partial charge in [0, 0.05) is 41.2 Å². The Morgan fingerprint density at radius 1 is 1.19 bits per heavy atom. The zero-order valence-electron chi connectivity index (χ0n) is 22.7. The van der Waals surface area contributed by atoms with Crippen molar-refractivity contribution in [3.05, 3.63) is 56.2 Å². The Balaban J connectivity index is 1.69. The lowest BCUT2D eigenvalue weighted by molar-refractivity contribution is 0.0161. The number of carbonyl (C=O) groups excluding carboxylic acids is 2. The summed E-state index contributed by atoms with van der Waals surface area (Å²) in [6.07, 6.45) is 2.46. The van der Waals surface area contributed by atoms with Crippen LogP contribution in [0.15, 0.2) is 40.9 Å². The molecule has 1 fully saturated rings. The first-order valence-corrected chi connectivity index (χ1v) is 18.2. The largest absolute Gasteiger partial charge is 0.465 e. The van der Waals surface area contributed by atoms with Gasteiger partial charge in [-0.05, 0) is 60.8 Å². The number of nitrogens with zero attached hydrogens (tertiary/aromatic N) is 2. The van der Waals surface area contributed by atoms with Crippen molar-refractivity contribution in [2.45, 2.75) is 64.3 Å². The van der Waals surface area contributed by atoms with Crippen LogP contribution in [-0.2, 0) is 22.0 Å². The smallest absolute Gasteiger partial charge is 0.348 e. The van der Waals surface area contributed by atoms with E-state index in [0.29, 0.717) is 17.8 Å². The second kappa shape index (κ2) is 13.3. The fourth-order valence-electron chi connectivity index (χ4n) is 3.97. The van der Waals surface area contributed by atoms with Crippen LogP contribution in [0.5, 0.6) is 0 Å². The van der Waals surface area contributed by atoms with Crippen molar-refractivity contribution < 1.29 is 18.8 Å². The molecule has 204 valence electrons. The molecule has 0 N–H and O–H groups in total. The van der Waals surface area contributed by atoms with Gasteiger partial charge in [-0.25, -0.2) is 9.80 Å². The highest BCUT2D eigenvalue weighted by Gasteiger charge is 2.39. The molecule has 0 saturated carbocycles. The summed E-state index contributed by atoms with van der Waals surface area (Å²) < 4.78 is 12.8. The van der Waals surface area contributed by atoms with Gasteiger partial charge in [-0.15, -0.1) is 11.3 Å². The lowest BCUT2D eigenvalue weighted by Gasteiger charge is -2.41. The summed E-state index contributed by atoms with van der Waals surface area (Å²) in [7, 11) is -0.583. The van der Waals surface area contributed by atoms with Crippen molar-refractivity contribution in [1.82, 2.24) is 10.0 Å². The number of ether oxygens (including phenoxy) is 1. The Bertz CT molecular complexity index is 1070. The Labute approximate surface area is 239 Å². The number of esters is 1. The van der Waals surface area contributed by atoms with Gasteiger partial charge in [-0.1, -0.05) is 60.6 Å². The van der Waals surface area contributed by atoms with Crippen molar-refractivity contribution in [2.75, 3.05) is 32.5 Å². The normalized spacial score (nSPS) is 16.2. The molecule has 1 aliphatic heterocycles. The summed E-state index contributed by atoms with van der Waals surface area (Å²) in [5.74, 6) is 0.473. The van der Waals surface area contributed by atoms with Crippen LogP contribution >= 0.6 is 39.0 Å². The summed E-state index contributed by atoms with van der Waals surface area (Å²) in [5.41, 5.74) is 1.25. The van der Waals surface area contributed by atoms with Gasteiger partial charge in [0.25, 0.3) is 5.24 Å². The highest BCUT2D eigenvalue weighted by atomic mass is 79.9. The van der Waals surface area contributed by atoms with Gasteiger partial charge < -0.3 is 9.16 Å². The van der Waals surface area contributed by atoms with Crippen LogP contribution < -0.4 is 0 Å². The molecule has 37 heavy (non-hydrogen) atoms. The molecule has 6 nitrogen and oxygen atoms in total. The first-order chi connectivity index (χ1) is 17.4. The zero-order valence-corrected chi connectivity index (χ0v) is 26.9. The predicted octanol–water partition coefficient (Wildman–Crippen LogP) is 7.25. The van der Waals surface area contributed by atoms with Gasteiger partial charge in [0.1, 0.15) is 4.88 Å². The second-order valence-electron chi connectivity index (χ2n) is 10.8. The minimum Gasteiger partial charge on any atom is -0.465 e. The average Bonchev–Trinajstić information content (AvgIpc) is 3.29. The number of amides is 1. The van der Waals surface area contributed by atoms with Crippen molar-refractivity contribution in [3.63, 3.8) is 0 Å². The number of benzene rings is 1. The molecule has 2 aromatic rings. The minimum atomic E-state index is -1.97. The van der Waals surface area contributed by atoms with E-state index in [2.05, 4.69) is 73.0 Å². The van der Waals surface area contributed by atoms with Crippen LogP contribution in [0.2, 0.25) is 18.1 Å². The maximum Gasteiger partial charge on any atom is 0.348 e. The van der Waals surface area contributed by atoms with Crippen molar-refractivity contribution in [1.29, 1.82) is 0 Å². The molecule has 1 aromatic heterocycles. The number of rotatable bonds is 11. The topological polar surface area (TPSA) is 59.1 Å². The summed E-state index contributed by atoms with van der Waals surface area (Å²) >= 11 is 6.40. The molecule has 10 heteroatoms. The summed E-state index contributed by atoms with van der Waals surface area (Å²) in [5, 5.41) is 4.28. The first kappa shape index (κ1) is 30.4. The summed E-state index contributed by atoms with van der Waals surface area (Å²) in [4.78, 5) is 26.3. The molecule has 3 rings (SSSR count). The molecule has 0 bridgehead atoms. The third-order valence-electron chi connectivity index (χ3n) is 7.07. The fraction of sp³-hybridized carbons (Fsp3) is 0.556. The second-order valence-corrected chi connectivity index (χ2v) is 18.7. The van der Waals surface area contributed by atoms with E-state index in [1.54, 1.807) is 6.07 Å². The summed E-state index contributed by atoms with van der Waals surface area (Å²) in [6, 6.07) is 12.2. The molecule has 0 spiro atoms. The number of hydrogen-bond donors (Lipinski definition) is 0. The number of thiophene rings is 1. The van der Waals surface area contributed by atoms with Crippen LogP contribution in [0.25, 0.3) is 0 Å². The monoisotopic (exact) mass is 626 g/mol. The quantitative estimate of drug-likeness (QED) is 0.193. The molecule has 0 unspecified atom stereocenters. The number of methoxy groups -OCH3 is 1. The van der Waals surface area contributed by atoms with Gasteiger partial charge in [0.15, 0.2) is 8.32 Å². The van der Waals surface area contributed by atoms with E-state index in [9.17, 15) is 9.59 Å². The molecule has 0 radical (unpaired) electrons. The van der Waals surface area contributed by atoms with Gasteiger partial charge in [0.2, 0.25) is 0 Å². The molecular weight excluding hydrogens is 588 g/mol. The Hall–Kier alpha value is -1.17. The van der Waals surface area contributed by atoms with Crippen molar-refractivity contribution in [2.24, 2.45) is 0 Å². The van der Waals surface area contributed by atoms with Crippen LogP contribution in [0.1, 0.15) is 47.3 Å². The molecule has 0 aliphatic carbocycles. The van der Waals surface area contributed by atoms with Gasteiger partial charge in [-0.3, -0.25) is 9.80 Å². The average molecular weight is 628 g/mol. The zero-order chi connectivity index (χ0) is 27.2. The lowest BCUT2D eigenvalue weighted by Crippen LogP contribution is -2.51. The minimum absolute atomic E-state index is 0.0710. The van der Waals surface area contributed by atoms with E-state index < -0.39 is 8.32 Å². The van der Waals surface area contributed by atoms with Gasteiger partial charge in [0.05, 0.1) is 13.2 Å². The highest BCUT2D eigenvalue weighted by molar-refractivity contribution is 9.10. The van der Waals surface area contributed by atoms with E-state index in [4.69, 9.17) is 9.16 Å². The molecule has 1 aromatic carbocycles. The van der Waals surface area contributed by atoms with Crippen molar-refractivity contribution >= 4 is 58.6 Å². The highest BCUT2D eigenvalue weighted by Crippen LogP contribution is 2.38. The lowest BCUT2D eigenvalue weighted by atomic mass is 10.1. The summed E-state index contributed by atoms with van der Waals surface area (Å²) in [6.45, 7) is 13.6. The first-order valence-electron chi connectivity index (χ1n) is 12.7. The molecule has 2 heterocycles. The molecule has 1 saturated heterocycles. The molecule has 1 amide bonds. The van der Waals surface area contributed by atoms with Gasteiger partial charge >= 0.3 is 5.97 Å².